The van der Waals surface area contributed by atoms with Crippen LogP contribution in [0, 0.1) is 0 Å². The van der Waals surface area contributed by atoms with E-state index in [-0.39, 0.29) is 0 Å². The topological polar surface area (TPSA) is 33.7 Å². The fourth-order valence-corrected chi connectivity index (χ4v) is 1.92. The molecule has 0 amide bonds. The van der Waals surface area contributed by atoms with Gasteiger partial charge in [-0.3, -0.25) is 10.2 Å². The maximum atomic E-state index is 5.24. The highest BCUT2D eigenvalue weighted by Crippen LogP contribution is 2.21. The van der Waals surface area contributed by atoms with Crippen molar-refractivity contribution in [1.82, 2.24) is 10.2 Å². The second-order valence-electron chi connectivity index (χ2n) is 3.66. The Balaban J connectivity index is 0.000000113. The monoisotopic (exact) mass is 186 g/mol. The molecular weight excluding hydrogens is 168 g/mol. The Morgan fingerprint density at radius 2 is 2.31 bits per heavy atom. The molecule has 1 atom stereocenters. The standard InChI is InChI=1S/C6H11NO.C3H7NO/c1-2-6-4-8-5-7(6)3-1;1-2-5-3-4-1/h6H,1-5H2;4H,1-3H2. The highest BCUT2D eigenvalue weighted by Gasteiger charge is 2.28. The summed E-state index contributed by atoms with van der Waals surface area (Å²) in [5.74, 6) is 0. The number of nitrogens with one attached hydrogen (secondary N) is 1. The molecule has 3 fully saturated rings. The van der Waals surface area contributed by atoms with E-state index >= 15 is 0 Å². The van der Waals surface area contributed by atoms with Gasteiger partial charge >= 0.3 is 0 Å². The molecule has 3 heterocycles. The third kappa shape index (κ3) is 2.64. The maximum absolute atomic E-state index is 5.24. The Hall–Kier alpha value is -0.160. The SMILES string of the molecule is C1CC2COCN2C1.C1COCN1. The van der Waals surface area contributed by atoms with Crippen LogP contribution < -0.4 is 5.32 Å². The van der Waals surface area contributed by atoms with Crippen LogP contribution in [-0.4, -0.2) is 50.7 Å². The molecule has 0 aromatic carbocycles. The van der Waals surface area contributed by atoms with Crippen molar-refractivity contribution in [3.05, 3.63) is 0 Å². The van der Waals surface area contributed by atoms with E-state index in [4.69, 9.17) is 9.47 Å². The smallest absolute Gasteiger partial charge is 0.0994 e. The molecule has 0 aromatic heterocycles. The van der Waals surface area contributed by atoms with Crippen LogP contribution in [0.25, 0.3) is 0 Å². The van der Waals surface area contributed by atoms with E-state index in [1.165, 1.54) is 19.4 Å². The maximum Gasteiger partial charge on any atom is 0.0994 e. The molecule has 1 unspecified atom stereocenters. The lowest BCUT2D eigenvalue weighted by atomic mass is 10.2. The molecule has 1 N–H and O–H groups in total. The average molecular weight is 186 g/mol. The minimum Gasteiger partial charge on any atom is -0.365 e. The van der Waals surface area contributed by atoms with Crippen molar-refractivity contribution in [3.63, 3.8) is 0 Å². The number of hydrogen-bond donors (Lipinski definition) is 1. The lowest BCUT2D eigenvalue weighted by Crippen LogP contribution is -2.23. The zero-order chi connectivity index (χ0) is 8.93. The molecule has 76 valence electrons. The van der Waals surface area contributed by atoms with Gasteiger partial charge in [0.05, 0.1) is 26.7 Å². The molecule has 0 radical (unpaired) electrons. The van der Waals surface area contributed by atoms with Gasteiger partial charge < -0.3 is 9.47 Å². The second kappa shape index (κ2) is 4.91. The van der Waals surface area contributed by atoms with Crippen LogP contribution in [0.5, 0.6) is 0 Å². The fraction of sp³-hybridized carbons (Fsp3) is 1.00. The first-order valence-corrected chi connectivity index (χ1v) is 5.07. The van der Waals surface area contributed by atoms with Crippen molar-refractivity contribution in [2.75, 3.05) is 39.8 Å². The lowest BCUT2D eigenvalue weighted by Gasteiger charge is -2.08. The van der Waals surface area contributed by atoms with Crippen molar-refractivity contribution < 1.29 is 9.47 Å². The zero-order valence-corrected chi connectivity index (χ0v) is 8.00. The minimum absolute atomic E-state index is 0.750. The number of ether oxygens (including phenoxy) is 2. The molecule has 3 aliphatic rings. The summed E-state index contributed by atoms with van der Waals surface area (Å²) in [6.07, 6.45) is 2.74. The van der Waals surface area contributed by atoms with Crippen LogP contribution in [-0.2, 0) is 9.47 Å². The molecule has 13 heavy (non-hydrogen) atoms. The minimum atomic E-state index is 0.750. The largest absolute Gasteiger partial charge is 0.365 e. The van der Waals surface area contributed by atoms with Gasteiger partial charge in [-0.05, 0) is 12.8 Å². The quantitative estimate of drug-likeness (QED) is 0.577. The van der Waals surface area contributed by atoms with Crippen molar-refractivity contribution in [2.24, 2.45) is 0 Å². The van der Waals surface area contributed by atoms with Gasteiger partial charge in [-0.15, -0.1) is 0 Å². The van der Waals surface area contributed by atoms with Crippen molar-refractivity contribution in [3.8, 4) is 0 Å². The number of nitrogens with zero attached hydrogens (tertiary/aromatic N) is 1. The summed E-state index contributed by atoms with van der Waals surface area (Å²) < 4.78 is 10.1. The van der Waals surface area contributed by atoms with Gasteiger partial charge in [0.2, 0.25) is 0 Å². The van der Waals surface area contributed by atoms with Crippen LogP contribution >= 0.6 is 0 Å². The molecular formula is C9H18N2O2. The third-order valence-electron chi connectivity index (χ3n) is 2.69. The predicted octanol–water partition coefficient (Wildman–Crippen LogP) is 0.00220. The Kier molecular flexibility index (Phi) is 3.55. The summed E-state index contributed by atoms with van der Waals surface area (Å²) in [6, 6.07) is 0.787. The molecule has 0 aromatic rings. The first kappa shape index (κ1) is 9.40. The molecule has 0 saturated carbocycles. The summed E-state index contributed by atoms with van der Waals surface area (Å²) in [5.41, 5.74) is 0. The van der Waals surface area contributed by atoms with E-state index in [0.29, 0.717) is 0 Å². The highest BCUT2D eigenvalue weighted by molar-refractivity contribution is 4.80. The molecule has 4 nitrogen and oxygen atoms in total. The molecule has 0 spiro atoms. The van der Waals surface area contributed by atoms with E-state index in [9.17, 15) is 0 Å². The van der Waals surface area contributed by atoms with Crippen molar-refractivity contribution in [2.45, 2.75) is 18.9 Å². The van der Waals surface area contributed by atoms with E-state index < -0.39 is 0 Å². The summed E-state index contributed by atoms with van der Waals surface area (Å²) in [6.45, 7) is 5.81. The Morgan fingerprint density at radius 1 is 1.31 bits per heavy atom. The fourth-order valence-electron chi connectivity index (χ4n) is 1.92. The van der Waals surface area contributed by atoms with Gasteiger partial charge in [0.15, 0.2) is 0 Å². The number of hydrogen-bond acceptors (Lipinski definition) is 4. The first-order valence-electron chi connectivity index (χ1n) is 5.07. The lowest BCUT2D eigenvalue weighted by molar-refractivity contribution is 0.143. The summed E-state index contributed by atoms with van der Waals surface area (Å²) in [4.78, 5) is 2.42. The van der Waals surface area contributed by atoms with Crippen molar-refractivity contribution >= 4 is 0 Å². The van der Waals surface area contributed by atoms with Gasteiger partial charge in [0.25, 0.3) is 0 Å². The molecule has 0 aliphatic carbocycles. The van der Waals surface area contributed by atoms with Crippen LogP contribution in [0.1, 0.15) is 12.8 Å². The molecule has 3 rings (SSSR count). The first-order chi connectivity index (χ1) is 6.47. The molecule has 3 saturated heterocycles. The Bertz CT molecular complexity index is 123. The van der Waals surface area contributed by atoms with Gasteiger partial charge in [0, 0.05) is 19.1 Å². The molecule has 4 heteroatoms. The third-order valence-corrected chi connectivity index (χ3v) is 2.69. The number of rotatable bonds is 0. The molecule has 3 aliphatic heterocycles. The molecule has 0 bridgehead atoms. The normalized spacial score (nSPS) is 32.8. The van der Waals surface area contributed by atoms with E-state index in [1.54, 1.807) is 0 Å². The van der Waals surface area contributed by atoms with Crippen LogP contribution in [0.15, 0.2) is 0 Å². The van der Waals surface area contributed by atoms with Gasteiger partial charge in [0.1, 0.15) is 0 Å². The van der Waals surface area contributed by atoms with Crippen molar-refractivity contribution in [1.29, 1.82) is 0 Å². The summed E-state index contributed by atoms with van der Waals surface area (Å²) >= 11 is 0. The summed E-state index contributed by atoms with van der Waals surface area (Å²) in [5, 5.41) is 3.00. The van der Waals surface area contributed by atoms with E-state index in [1.807, 2.05) is 0 Å². The Morgan fingerprint density at radius 3 is 2.92 bits per heavy atom. The predicted molar refractivity (Wildman–Crippen MR) is 49.4 cm³/mol. The van der Waals surface area contributed by atoms with Crippen LogP contribution in [0.2, 0.25) is 0 Å². The van der Waals surface area contributed by atoms with E-state index in [2.05, 4.69) is 10.2 Å². The van der Waals surface area contributed by atoms with Gasteiger partial charge in [-0.1, -0.05) is 0 Å². The summed E-state index contributed by atoms with van der Waals surface area (Å²) in [7, 11) is 0. The van der Waals surface area contributed by atoms with Gasteiger partial charge in [-0.25, -0.2) is 0 Å². The Labute approximate surface area is 79.2 Å². The van der Waals surface area contributed by atoms with Gasteiger partial charge in [-0.2, -0.15) is 0 Å². The highest BCUT2D eigenvalue weighted by atomic mass is 16.5. The van der Waals surface area contributed by atoms with E-state index in [0.717, 1.165) is 39.3 Å². The zero-order valence-electron chi connectivity index (χ0n) is 8.00. The van der Waals surface area contributed by atoms with Crippen LogP contribution in [0.4, 0.5) is 0 Å². The number of fused-ring (bicyclic) bond motifs is 1. The second-order valence-corrected chi connectivity index (χ2v) is 3.66. The van der Waals surface area contributed by atoms with Crippen LogP contribution in [0.3, 0.4) is 0 Å². The average Bonchev–Trinajstić information content (AvgIpc) is 2.84.